The van der Waals surface area contributed by atoms with Crippen LogP contribution in [0.3, 0.4) is 0 Å². The lowest BCUT2D eigenvalue weighted by molar-refractivity contribution is 0.415. The first-order chi connectivity index (χ1) is 8.65. The molecule has 0 saturated carbocycles. The van der Waals surface area contributed by atoms with Crippen molar-refractivity contribution in [2.45, 2.75) is 13.5 Å². The maximum atomic E-state index is 11.8. The van der Waals surface area contributed by atoms with Crippen molar-refractivity contribution in [2.24, 2.45) is 5.73 Å². The lowest BCUT2D eigenvalue weighted by atomic mass is 10.1. The molecule has 94 valence electrons. The number of rotatable bonds is 3. The van der Waals surface area contributed by atoms with Gasteiger partial charge in [0.25, 0.3) is 5.56 Å². The molecule has 0 fully saturated rings. The minimum atomic E-state index is -0.122. The quantitative estimate of drug-likeness (QED) is 0.865. The van der Waals surface area contributed by atoms with E-state index in [1.165, 1.54) is 0 Å². The van der Waals surface area contributed by atoms with Crippen LogP contribution in [0.4, 0.5) is 0 Å². The Bertz CT molecular complexity index is 600. The number of aryl methyl sites for hydroxylation is 1. The minimum Gasteiger partial charge on any atom is -0.497 e. The predicted molar refractivity (Wildman–Crippen MR) is 71.7 cm³/mol. The molecule has 4 heteroatoms. The summed E-state index contributed by atoms with van der Waals surface area (Å²) in [5.41, 5.74) is 8.69. The highest BCUT2D eigenvalue weighted by atomic mass is 16.5. The van der Waals surface area contributed by atoms with Gasteiger partial charge in [-0.05, 0) is 48.4 Å². The molecular formula is C14H16N2O2. The van der Waals surface area contributed by atoms with Crippen LogP contribution in [0.25, 0.3) is 11.3 Å². The van der Waals surface area contributed by atoms with Crippen LogP contribution in [0.15, 0.2) is 35.1 Å². The summed E-state index contributed by atoms with van der Waals surface area (Å²) >= 11 is 0. The second-order valence-electron chi connectivity index (χ2n) is 4.11. The van der Waals surface area contributed by atoms with E-state index < -0.39 is 0 Å². The van der Waals surface area contributed by atoms with Gasteiger partial charge in [-0.1, -0.05) is 0 Å². The Morgan fingerprint density at radius 1 is 1.28 bits per heavy atom. The lowest BCUT2D eigenvalue weighted by Gasteiger charge is -2.07. The first-order valence-electron chi connectivity index (χ1n) is 5.73. The third-order valence-electron chi connectivity index (χ3n) is 2.96. The number of benzene rings is 1. The number of methoxy groups -OCH3 is 1. The number of aromatic amines is 1. The summed E-state index contributed by atoms with van der Waals surface area (Å²) in [6.45, 7) is 2.15. The molecule has 18 heavy (non-hydrogen) atoms. The molecule has 4 nitrogen and oxygen atoms in total. The van der Waals surface area contributed by atoms with E-state index in [9.17, 15) is 4.79 Å². The van der Waals surface area contributed by atoms with Crippen LogP contribution in [0.5, 0.6) is 5.75 Å². The Hall–Kier alpha value is -2.07. The molecule has 1 aromatic heterocycles. The van der Waals surface area contributed by atoms with Gasteiger partial charge in [0.05, 0.1) is 7.11 Å². The molecule has 0 radical (unpaired) electrons. The van der Waals surface area contributed by atoms with Crippen molar-refractivity contribution >= 4 is 0 Å². The third kappa shape index (κ3) is 2.28. The molecule has 0 atom stereocenters. The molecule has 0 unspecified atom stereocenters. The first-order valence-corrected chi connectivity index (χ1v) is 5.73. The first kappa shape index (κ1) is 12.4. The fraction of sp³-hybridized carbons (Fsp3) is 0.214. The van der Waals surface area contributed by atoms with Crippen molar-refractivity contribution in [3.05, 3.63) is 51.8 Å². The summed E-state index contributed by atoms with van der Waals surface area (Å²) in [6.07, 6.45) is 0. The SMILES string of the molecule is COc1ccc(-c2cc(C)c(CN)c(=O)[nH]2)cc1. The summed E-state index contributed by atoms with van der Waals surface area (Å²) in [4.78, 5) is 14.7. The number of H-pyrrole nitrogens is 1. The van der Waals surface area contributed by atoms with Gasteiger partial charge in [-0.2, -0.15) is 0 Å². The Balaban J connectivity index is 2.47. The van der Waals surface area contributed by atoms with Gasteiger partial charge < -0.3 is 15.5 Å². The topological polar surface area (TPSA) is 68.1 Å². The van der Waals surface area contributed by atoms with Crippen LogP contribution in [0.2, 0.25) is 0 Å². The van der Waals surface area contributed by atoms with Crippen molar-refractivity contribution < 1.29 is 4.74 Å². The fourth-order valence-electron chi connectivity index (χ4n) is 1.90. The number of hydrogen-bond acceptors (Lipinski definition) is 3. The van der Waals surface area contributed by atoms with Gasteiger partial charge in [0.1, 0.15) is 5.75 Å². The number of pyridine rings is 1. The van der Waals surface area contributed by atoms with Gasteiger partial charge in [-0.25, -0.2) is 0 Å². The lowest BCUT2D eigenvalue weighted by Crippen LogP contribution is -2.18. The number of aromatic nitrogens is 1. The van der Waals surface area contributed by atoms with Crippen LogP contribution in [-0.4, -0.2) is 12.1 Å². The van der Waals surface area contributed by atoms with Crippen LogP contribution >= 0.6 is 0 Å². The maximum Gasteiger partial charge on any atom is 0.253 e. The molecule has 0 spiro atoms. The maximum absolute atomic E-state index is 11.8. The third-order valence-corrected chi connectivity index (χ3v) is 2.96. The van der Waals surface area contributed by atoms with Crippen LogP contribution in [0.1, 0.15) is 11.1 Å². The average molecular weight is 244 g/mol. The zero-order valence-corrected chi connectivity index (χ0v) is 10.5. The second kappa shape index (κ2) is 5.06. The molecule has 0 bridgehead atoms. The highest BCUT2D eigenvalue weighted by molar-refractivity contribution is 5.61. The van der Waals surface area contributed by atoms with E-state index in [2.05, 4.69) is 4.98 Å². The van der Waals surface area contributed by atoms with E-state index in [-0.39, 0.29) is 12.1 Å². The molecular weight excluding hydrogens is 228 g/mol. The molecule has 0 aliphatic rings. The minimum absolute atomic E-state index is 0.122. The van der Waals surface area contributed by atoms with Crippen molar-refractivity contribution in [1.82, 2.24) is 4.98 Å². The molecule has 2 aromatic rings. The molecule has 0 aliphatic heterocycles. The van der Waals surface area contributed by atoms with E-state index >= 15 is 0 Å². The zero-order valence-electron chi connectivity index (χ0n) is 10.5. The summed E-state index contributed by atoms with van der Waals surface area (Å²) in [6, 6.07) is 9.47. The molecule has 1 aromatic carbocycles. The summed E-state index contributed by atoms with van der Waals surface area (Å²) < 4.78 is 5.10. The molecule has 0 aliphatic carbocycles. The molecule has 1 heterocycles. The smallest absolute Gasteiger partial charge is 0.253 e. The highest BCUT2D eigenvalue weighted by Crippen LogP contribution is 2.21. The predicted octanol–water partition coefficient (Wildman–Crippen LogP) is 1.82. The van der Waals surface area contributed by atoms with Gasteiger partial charge in [-0.3, -0.25) is 4.79 Å². The number of nitrogens with two attached hydrogens (primary N) is 1. The zero-order chi connectivity index (χ0) is 13.1. The largest absolute Gasteiger partial charge is 0.497 e. The normalized spacial score (nSPS) is 10.4. The van der Waals surface area contributed by atoms with E-state index in [0.717, 1.165) is 22.6 Å². The molecule has 0 saturated heterocycles. The van der Waals surface area contributed by atoms with E-state index in [1.807, 2.05) is 37.3 Å². The molecule has 3 N–H and O–H groups in total. The second-order valence-corrected chi connectivity index (χ2v) is 4.11. The Morgan fingerprint density at radius 3 is 2.44 bits per heavy atom. The van der Waals surface area contributed by atoms with E-state index in [4.69, 9.17) is 10.5 Å². The summed E-state index contributed by atoms with van der Waals surface area (Å²) in [5, 5.41) is 0. The Labute approximate surface area is 105 Å². The molecule has 2 rings (SSSR count). The van der Waals surface area contributed by atoms with Crippen molar-refractivity contribution in [3.63, 3.8) is 0 Å². The number of hydrogen-bond donors (Lipinski definition) is 2. The van der Waals surface area contributed by atoms with Crippen molar-refractivity contribution in [2.75, 3.05) is 7.11 Å². The number of nitrogens with one attached hydrogen (secondary N) is 1. The van der Waals surface area contributed by atoms with Gasteiger partial charge in [0.15, 0.2) is 0 Å². The van der Waals surface area contributed by atoms with Gasteiger partial charge >= 0.3 is 0 Å². The molecule has 0 amide bonds. The van der Waals surface area contributed by atoms with Crippen molar-refractivity contribution in [1.29, 1.82) is 0 Å². The van der Waals surface area contributed by atoms with Crippen LogP contribution < -0.4 is 16.0 Å². The van der Waals surface area contributed by atoms with Gasteiger partial charge in [-0.15, -0.1) is 0 Å². The van der Waals surface area contributed by atoms with Gasteiger partial charge in [0, 0.05) is 17.8 Å². The standard InChI is InChI=1S/C14H16N2O2/c1-9-7-13(16-14(17)12(9)8-15)10-3-5-11(18-2)6-4-10/h3-7H,8,15H2,1-2H3,(H,16,17). The van der Waals surface area contributed by atoms with Crippen LogP contribution in [0, 0.1) is 6.92 Å². The van der Waals surface area contributed by atoms with Crippen molar-refractivity contribution in [3.8, 4) is 17.0 Å². The number of ether oxygens (including phenoxy) is 1. The van der Waals surface area contributed by atoms with Gasteiger partial charge in [0.2, 0.25) is 0 Å². The highest BCUT2D eigenvalue weighted by Gasteiger charge is 2.06. The van der Waals surface area contributed by atoms with Crippen LogP contribution in [-0.2, 0) is 6.54 Å². The fourth-order valence-corrected chi connectivity index (χ4v) is 1.90. The van der Waals surface area contributed by atoms with E-state index in [1.54, 1.807) is 7.11 Å². The summed E-state index contributed by atoms with van der Waals surface area (Å²) in [7, 11) is 1.62. The summed E-state index contributed by atoms with van der Waals surface area (Å²) in [5.74, 6) is 0.788. The van der Waals surface area contributed by atoms with E-state index in [0.29, 0.717) is 5.56 Å². The Morgan fingerprint density at radius 2 is 1.94 bits per heavy atom. The average Bonchev–Trinajstić information content (AvgIpc) is 2.38. The Kier molecular flexibility index (Phi) is 3.48. The monoisotopic (exact) mass is 244 g/mol.